The normalized spacial score (nSPS) is 10.2. The molecule has 0 unspecified atom stereocenters. The lowest BCUT2D eigenvalue weighted by molar-refractivity contribution is -0.385. The molecule has 0 saturated heterocycles. The minimum absolute atomic E-state index is 0.0150. The van der Waals surface area contributed by atoms with Gasteiger partial charge in [0.2, 0.25) is 5.75 Å². The van der Waals surface area contributed by atoms with Crippen LogP contribution in [0.2, 0.25) is 0 Å². The number of hydrogen-bond donors (Lipinski definition) is 0. The van der Waals surface area contributed by atoms with Gasteiger partial charge >= 0.3 is 11.7 Å². The van der Waals surface area contributed by atoms with Crippen LogP contribution in [0, 0.1) is 10.1 Å². The lowest BCUT2D eigenvalue weighted by Gasteiger charge is -2.08. The number of hydrogen-bond acceptors (Lipinski definition) is 7. The minimum atomic E-state index is -0.696. The van der Waals surface area contributed by atoms with E-state index >= 15 is 0 Å². The summed E-state index contributed by atoms with van der Waals surface area (Å²) in [6.45, 7) is 0. The maximum absolute atomic E-state index is 11.6. The number of aromatic nitrogens is 3. The summed E-state index contributed by atoms with van der Waals surface area (Å²) in [4.78, 5) is 26.2. The third-order valence-electron chi connectivity index (χ3n) is 2.73. The van der Waals surface area contributed by atoms with Crippen LogP contribution in [0.15, 0.2) is 18.5 Å². The van der Waals surface area contributed by atoms with E-state index in [0.29, 0.717) is 0 Å². The van der Waals surface area contributed by atoms with Crippen LogP contribution in [-0.2, 0) is 11.8 Å². The number of nitrogens with zero attached hydrogens (tertiary/aromatic N) is 4. The highest BCUT2D eigenvalue weighted by Crippen LogP contribution is 2.37. The molecule has 0 bridgehead atoms. The Morgan fingerprint density at radius 1 is 1.38 bits per heavy atom. The lowest BCUT2D eigenvalue weighted by atomic mass is 10.1. The summed E-state index contributed by atoms with van der Waals surface area (Å²) < 4.78 is 11.1. The number of methoxy groups -OCH3 is 2. The molecule has 2 rings (SSSR count). The Bertz CT molecular complexity index is 710. The van der Waals surface area contributed by atoms with E-state index in [1.54, 1.807) is 7.05 Å². The molecule has 0 radical (unpaired) electrons. The molecule has 9 nitrogen and oxygen atoms in total. The molecule has 0 saturated carbocycles. The molecule has 110 valence electrons. The van der Waals surface area contributed by atoms with Crippen molar-refractivity contribution in [2.45, 2.75) is 0 Å². The maximum Gasteiger partial charge on any atom is 0.338 e. The average molecular weight is 292 g/mol. The van der Waals surface area contributed by atoms with E-state index in [9.17, 15) is 14.9 Å². The van der Waals surface area contributed by atoms with E-state index in [-0.39, 0.29) is 28.4 Å². The van der Waals surface area contributed by atoms with E-state index in [1.807, 2.05) is 0 Å². The fraction of sp³-hybridized carbons (Fsp3) is 0.250. The van der Waals surface area contributed by atoms with Crippen molar-refractivity contribution in [2.24, 2.45) is 7.05 Å². The summed E-state index contributed by atoms with van der Waals surface area (Å²) in [7, 11) is 4.14. The third-order valence-corrected chi connectivity index (χ3v) is 2.73. The molecule has 0 aliphatic rings. The summed E-state index contributed by atoms with van der Waals surface area (Å²) in [5, 5.41) is 15.2. The number of ether oxygens (including phenoxy) is 2. The van der Waals surface area contributed by atoms with E-state index in [2.05, 4.69) is 14.8 Å². The summed E-state index contributed by atoms with van der Waals surface area (Å²) in [6.07, 6.45) is 1.44. The van der Waals surface area contributed by atoms with Crippen LogP contribution in [0.25, 0.3) is 11.4 Å². The van der Waals surface area contributed by atoms with Gasteiger partial charge in [-0.25, -0.2) is 9.78 Å². The standard InChI is InChI=1S/C12H12N4O5/c1-15-6-13-11(14-15)8-4-7(12(17)21-3)5-9(16(18)19)10(8)20-2/h4-6H,1-3H3. The highest BCUT2D eigenvalue weighted by molar-refractivity contribution is 5.93. The van der Waals surface area contributed by atoms with Gasteiger partial charge in [0.15, 0.2) is 5.82 Å². The predicted molar refractivity (Wildman–Crippen MR) is 71.0 cm³/mol. The predicted octanol–water partition coefficient (Wildman–Crippen LogP) is 1.19. The summed E-state index contributed by atoms with van der Waals surface area (Å²) >= 11 is 0. The number of nitro groups is 1. The van der Waals surface area contributed by atoms with Gasteiger partial charge in [-0.15, -0.1) is 0 Å². The Morgan fingerprint density at radius 3 is 2.57 bits per heavy atom. The molecule has 0 N–H and O–H groups in total. The lowest BCUT2D eigenvalue weighted by Crippen LogP contribution is -2.05. The SMILES string of the molecule is COC(=O)c1cc(-c2ncn(C)n2)c(OC)c([N+](=O)[O-])c1. The molecular weight excluding hydrogens is 280 g/mol. The average Bonchev–Trinajstić information content (AvgIpc) is 2.91. The van der Waals surface area contributed by atoms with Crippen molar-refractivity contribution < 1.29 is 19.2 Å². The van der Waals surface area contributed by atoms with Gasteiger partial charge in [0.1, 0.15) is 6.33 Å². The quantitative estimate of drug-likeness (QED) is 0.473. The monoisotopic (exact) mass is 292 g/mol. The molecule has 0 amide bonds. The Kier molecular flexibility index (Phi) is 3.83. The van der Waals surface area contributed by atoms with Crippen molar-refractivity contribution in [2.75, 3.05) is 14.2 Å². The highest BCUT2D eigenvalue weighted by Gasteiger charge is 2.25. The number of carbonyl (C=O) groups excluding carboxylic acids is 1. The zero-order chi connectivity index (χ0) is 15.6. The molecule has 1 aromatic heterocycles. The van der Waals surface area contributed by atoms with Crippen molar-refractivity contribution >= 4 is 11.7 Å². The molecule has 0 fully saturated rings. The first-order chi connectivity index (χ1) is 9.97. The Balaban J connectivity index is 2.74. The van der Waals surface area contributed by atoms with Gasteiger partial charge in [-0.05, 0) is 6.07 Å². The first-order valence-electron chi connectivity index (χ1n) is 5.78. The van der Waals surface area contributed by atoms with Crippen LogP contribution in [0.3, 0.4) is 0 Å². The molecule has 0 aliphatic carbocycles. The van der Waals surface area contributed by atoms with Gasteiger partial charge < -0.3 is 9.47 Å². The smallest absolute Gasteiger partial charge is 0.338 e. The van der Waals surface area contributed by atoms with Gasteiger partial charge in [0.05, 0.1) is 30.3 Å². The molecule has 2 aromatic rings. The topological polar surface area (TPSA) is 109 Å². The second-order valence-electron chi connectivity index (χ2n) is 4.07. The Labute approximate surface area is 119 Å². The van der Waals surface area contributed by atoms with Gasteiger partial charge in [0.25, 0.3) is 0 Å². The minimum Gasteiger partial charge on any atom is -0.490 e. The zero-order valence-electron chi connectivity index (χ0n) is 11.6. The molecule has 0 aliphatic heterocycles. The number of rotatable bonds is 4. The molecule has 21 heavy (non-hydrogen) atoms. The zero-order valence-corrected chi connectivity index (χ0v) is 11.6. The van der Waals surface area contributed by atoms with Crippen LogP contribution in [0.5, 0.6) is 5.75 Å². The van der Waals surface area contributed by atoms with Crippen LogP contribution in [0.4, 0.5) is 5.69 Å². The van der Waals surface area contributed by atoms with Crippen LogP contribution in [-0.4, -0.2) is 39.9 Å². The van der Waals surface area contributed by atoms with E-state index in [4.69, 9.17) is 4.74 Å². The fourth-order valence-corrected chi connectivity index (χ4v) is 1.83. The molecule has 1 aromatic carbocycles. The molecule has 0 spiro atoms. The molecule has 9 heteroatoms. The number of benzene rings is 1. The van der Waals surface area contributed by atoms with Crippen molar-refractivity contribution in [1.82, 2.24) is 14.8 Å². The van der Waals surface area contributed by atoms with Crippen molar-refractivity contribution in [3.8, 4) is 17.1 Å². The van der Waals surface area contributed by atoms with E-state index in [1.165, 1.54) is 31.3 Å². The first-order valence-corrected chi connectivity index (χ1v) is 5.78. The molecular formula is C12H12N4O5. The molecule has 1 heterocycles. The summed E-state index contributed by atoms with van der Waals surface area (Å²) in [6, 6.07) is 2.49. The first kappa shape index (κ1) is 14.4. The summed E-state index contributed by atoms with van der Waals surface area (Å²) in [5.74, 6) is -0.500. The van der Waals surface area contributed by atoms with Gasteiger partial charge in [-0.1, -0.05) is 0 Å². The Morgan fingerprint density at radius 2 is 2.10 bits per heavy atom. The second kappa shape index (κ2) is 5.57. The highest BCUT2D eigenvalue weighted by atomic mass is 16.6. The largest absolute Gasteiger partial charge is 0.490 e. The van der Waals surface area contributed by atoms with Crippen LogP contribution < -0.4 is 4.74 Å². The third kappa shape index (κ3) is 2.66. The van der Waals surface area contributed by atoms with Gasteiger partial charge in [0, 0.05) is 13.1 Å². The van der Waals surface area contributed by atoms with Gasteiger partial charge in [-0.2, -0.15) is 5.10 Å². The fourth-order valence-electron chi connectivity index (χ4n) is 1.83. The second-order valence-corrected chi connectivity index (χ2v) is 4.07. The molecule has 0 atom stereocenters. The van der Waals surface area contributed by atoms with Crippen molar-refractivity contribution in [1.29, 1.82) is 0 Å². The van der Waals surface area contributed by atoms with Crippen molar-refractivity contribution in [3.63, 3.8) is 0 Å². The number of nitro benzene ring substituents is 1. The van der Waals surface area contributed by atoms with Crippen LogP contribution in [0.1, 0.15) is 10.4 Å². The number of aryl methyl sites for hydroxylation is 1. The van der Waals surface area contributed by atoms with E-state index < -0.39 is 10.9 Å². The van der Waals surface area contributed by atoms with Crippen LogP contribution >= 0.6 is 0 Å². The van der Waals surface area contributed by atoms with Gasteiger partial charge in [-0.3, -0.25) is 14.8 Å². The number of esters is 1. The Hall–Kier alpha value is -2.97. The van der Waals surface area contributed by atoms with E-state index in [0.717, 1.165) is 6.07 Å². The maximum atomic E-state index is 11.6. The summed E-state index contributed by atoms with van der Waals surface area (Å²) in [5.41, 5.74) is -0.0944. The number of carbonyl (C=O) groups is 1. The van der Waals surface area contributed by atoms with Crippen molar-refractivity contribution in [3.05, 3.63) is 34.1 Å².